The Bertz CT molecular complexity index is 874. The zero-order chi connectivity index (χ0) is 15.9. The van der Waals surface area contributed by atoms with E-state index in [1.807, 2.05) is 0 Å². The molecule has 2 amide bonds. The summed E-state index contributed by atoms with van der Waals surface area (Å²) in [7, 11) is -3.95. The molecule has 1 aliphatic heterocycles. The van der Waals surface area contributed by atoms with E-state index in [-0.39, 0.29) is 21.7 Å². The van der Waals surface area contributed by atoms with Gasteiger partial charge < -0.3 is 0 Å². The van der Waals surface area contributed by atoms with Crippen LogP contribution in [0, 0.1) is 0 Å². The molecule has 0 spiro atoms. The minimum atomic E-state index is -3.95. The summed E-state index contributed by atoms with van der Waals surface area (Å²) in [6.07, 6.45) is 0. The van der Waals surface area contributed by atoms with Gasteiger partial charge in [0.2, 0.25) is 0 Å². The highest BCUT2D eigenvalue weighted by Crippen LogP contribution is 2.34. The molecule has 0 saturated carbocycles. The Balaban J connectivity index is 2.07. The fourth-order valence-corrected chi connectivity index (χ4v) is 3.85. The summed E-state index contributed by atoms with van der Waals surface area (Å²) in [6.45, 7) is 0. The number of rotatable bonds is 2. The minimum absolute atomic E-state index is 0.0443. The van der Waals surface area contributed by atoms with E-state index in [2.05, 4.69) is 0 Å². The van der Waals surface area contributed by atoms with Crippen molar-refractivity contribution >= 4 is 27.5 Å². The first kappa shape index (κ1) is 14.2. The second-order valence-corrected chi connectivity index (χ2v) is 6.31. The van der Waals surface area contributed by atoms with Gasteiger partial charge in [0, 0.05) is 5.56 Å². The predicted molar refractivity (Wildman–Crippen MR) is 76.1 cm³/mol. The molecule has 0 atom stereocenters. The van der Waals surface area contributed by atoms with Gasteiger partial charge in [-0.3, -0.25) is 14.8 Å². The number of amides is 2. The highest BCUT2D eigenvalue weighted by atomic mass is 32.2. The monoisotopic (exact) mass is 318 g/mol. The molecule has 1 aliphatic rings. The van der Waals surface area contributed by atoms with Crippen LogP contribution in [0.2, 0.25) is 0 Å². The molecular formula is C14H10N2O5S. The summed E-state index contributed by atoms with van der Waals surface area (Å²) in [5.41, 5.74) is 1.84. The quantitative estimate of drug-likeness (QED) is 0.638. The van der Waals surface area contributed by atoms with E-state index in [4.69, 9.17) is 5.21 Å². The van der Waals surface area contributed by atoms with Crippen molar-refractivity contribution in [1.82, 2.24) is 5.48 Å². The molecule has 0 unspecified atom stereocenters. The summed E-state index contributed by atoms with van der Waals surface area (Å²) in [5, 5.41) is 8.55. The maximum Gasteiger partial charge on any atom is 0.274 e. The summed E-state index contributed by atoms with van der Waals surface area (Å²) in [4.78, 5) is 23.5. The molecule has 1 heterocycles. The van der Waals surface area contributed by atoms with E-state index in [0.717, 1.165) is 0 Å². The molecule has 0 bridgehead atoms. The van der Waals surface area contributed by atoms with Crippen LogP contribution < -0.4 is 9.79 Å². The van der Waals surface area contributed by atoms with Gasteiger partial charge in [-0.05, 0) is 36.4 Å². The van der Waals surface area contributed by atoms with Crippen molar-refractivity contribution in [3.63, 3.8) is 0 Å². The predicted octanol–water partition coefficient (Wildman–Crippen LogP) is 1.15. The smallest absolute Gasteiger partial charge is 0.274 e. The number of nitrogens with zero attached hydrogens (tertiary/aromatic N) is 1. The average Bonchev–Trinajstić information content (AvgIpc) is 2.74. The molecule has 2 aromatic carbocycles. The Morgan fingerprint density at radius 2 is 1.68 bits per heavy atom. The molecule has 0 saturated heterocycles. The van der Waals surface area contributed by atoms with E-state index in [0.29, 0.717) is 4.31 Å². The number of sulfonamides is 1. The molecule has 0 aliphatic carbocycles. The maximum absolute atomic E-state index is 12.5. The number of nitrogens with one attached hydrogen (secondary N) is 1. The Labute approximate surface area is 125 Å². The third kappa shape index (κ3) is 1.97. The topological polar surface area (TPSA) is 104 Å². The molecule has 3 rings (SSSR count). The number of hydrogen-bond donors (Lipinski definition) is 2. The molecule has 2 aromatic rings. The second kappa shape index (κ2) is 4.93. The molecule has 0 radical (unpaired) electrons. The van der Waals surface area contributed by atoms with Gasteiger partial charge >= 0.3 is 0 Å². The summed E-state index contributed by atoms with van der Waals surface area (Å²) in [5.74, 6) is -1.37. The van der Waals surface area contributed by atoms with Crippen LogP contribution in [0.5, 0.6) is 0 Å². The minimum Gasteiger partial charge on any atom is -0.288 e. The van der Waals surface area contributed by atoms with E-state index in [1.165, 1.54) is 41.9 Å². The maximum atomic E-state index is 12.5. The average molecular weight is 318 g/mol. The number of hydroxylamine groups is 1. The van der Waals surface area contributed by atoms with Gasteiger partial charge in [-0.2, -0.15) is 4.31 Å². The molecule has 112 valence electrons. The highest BCUT2D eigenvalue weighted by molar-refractivity contribution is 7.94. The third-order valence-corrected chi connectivity index (χ3v) is 5.05. The first-order valence-corrected chi connectivity index (χ1v) is 7.64. The zero-order valence-corrected chi connectivity index (χ0v) is 11.9. The molecule has 2 N–H and O–H groups in total. The van der Waals surface area contributed by atoms with Gasteiger partial charge in [-0.1, -0.05) is 12.1 Å². The second-order valence-electron chi connectivity index (χ2n) is 4.56. The van der Waals surface area contributed by atoms with Crippen LogP contribution >= 0.6 is 0 Å². The van der Waals surface area contributed by atoms with Gasteiger partial charge in [-0.15, -0.1) is 0 Å². The van der Waals surface area contributed by atoms with Gasteiger partial charge in [-0.25, -0.2) is 13.9 Å². The fraction of sp³-hybridized carbons (Fsp3) is 0. The van der Waals surface area contributed by atoms with E-state index in [9.17, 15) is 18.0 Å². The van der Waals surface area contributed by atoms with Crippen LogP contribution in [0.3, 0.4) is 0 Å². The number of fused-ring (bicyclic) bond motifs is 1. The Morgan fingerprint density at radius 3 is 2.27 bits per heavy atom. The Kier molecular flexibility index (Phi) is 3.19. The number of hydrogen-bond acceptors (Lipinski definition) is 5. The van der Waals surface area contributed by atoms with E-state index >= 15 is 0 Å². The van der Waals surface area contributed by atoms with Crippen LogP contribution in [0.1, 0.15) is 20.7 Å². The third-order valence-electron chi connectivity index (χ3n) is 3.29. The van der Waals surface area contributed by atoms with Crippen LogP contribution in [-0.2, 0) is 10.0 Å². The van der Waals surface area contributed by atoms with Crippen LogP contribution in [0.25, 0.3) is 0 Å². The molecule has 0 aromatic heterocycles. The first-order valence-electron chi connectivity index (χ1n) is 6.20. The van der Waals surface area contributed by atoms with Gasteiger partial charge in [0.15, 0.2) is 0 Å². The Morgan fingerprint density at radius 1 is 1.05 bits per heavy atom. The number of anilines is 1. The first-order chi connectivity index (χ1) is 10.5. The van der Waals surface area contributed by atoms with Crippen molar-refractivity contribution < 1.29 is 23.2 Å². The van der Waals surface area contributed by atoms with Crippen LogP contribution in [-0.4, -0.2) is 25.4 Å². The fourth-order valence-electron chi connectivity index (χ4n) is 2.25. The van der Waals surface area contributed by atoms with Crippen LogP contribution in [0.15, 0.2) is 53.4 Å². The van der Waals surface area contributed by atoms with Gasteiger partial charge in [0.25, 0.3) is 21.8 Å². The van der Waals surface area contributed by atoms with Crippen molar-refractivity contribution in [2.75, 3.05) is 4.31 Å². The largest absolute Gasteiger partial charge is 0.288 e. The number of benzene rings is 2. The lowest BCUT2D eigenvalue weighted by Crippen LogP contribution is -2.29. The van der Waals surface area contributed by atoms with Gasteiger partial charge in [0.1, 0.15) is 4.90 Å². The zero-order valence-electron chi connectivity index (χ0n) is 11.1. The summed E-state index contributed by atoms with van der Waals surface area (Å²) < 4.78 is 25.6. The number of carbonyl (C=O) groups excluding carboxylic acids is 2. The van der Waals surface area contributed by atoms with Crippen molar-refractivity contribution in [3.05, 3.63) is 59.7 Å². The SMILES string of the molecule is O=C(NO)c1ccc(N2C(=O)c3ccccc3S2(=O)=O)cc1. The Hall–Kier alpha value is -2.71. The van der Waals surface area contributed by atoms with E-state index < -0.39 is 21.8 Å². The van der Waals surface area contributed by atoms with E-state index in [1.54, 1.807) is 12.1 Å². The lowest BCUT2D eigenvalue weighted by atomic mass is 10.2. The lowest BCUT2D eigenvalue weighted by molar-refractivity contribution is 0.0706. The number of carbonyl (C=O) groups is 2. The molecule has 7 nitrogen and oxygen atoms in total. The standard InChI is InChI=1S/C14H10N2O5S/c17-13(15-19)9-5-7-10(8-6-9)16-14(18)11-3-1-2-4-12(11)22(16,20)21/h1-8,19H,(H,15,17). The van der Waals surface area contributed by atoms with Crippen LogP contribution in [0.4, 0.5) is 5.69 Å². The summed E-state index contributed by atoms with van der Waals surface area (Å²) in [6, 6.07) is 11.2. The molecular weight excluding hydrogens is 308 g/mol. The molecule has 22 heavy (non-hydrogen) atoms. The van der Waals surface area contributed by atoms with Gasteiger partial charge in [0.05, 0.1) is 11.3 Å². The highest BCUT2D eigenvalue weighted by Gasteiger charge is 2.41. The van der Waals surface area contributed by atoms with Crippen molar-refractivity contribution in [1.29, 1.82) is 0 Å². The molecule has 8 heteroatoms. The van der Waals surface area contributed by atoms with Crippen molar-refractivity contribution in [2.45, 2.75) is 4.90 Å². The normalized spacial score (nSPS) is 15.5. The van der Waals surface area contributed by atoms with Crippen molar-refractivity contribution in [2.24, 2.45) is 0 Å². The lowest BCUT2D eigenvalue weighted by Gasteiger charge is -2.15. The van der Waals surface area contributed by atoms with Crippen molar-refractivity contribution in [3.8, 4) is 0 Å². The summed E-state index contributed by atoms with van der Waals surface area (Å²) >= 11 is 0. The molecule has 0 fully saturated rings.